The van der Waals surface area contributed by atoms with E-state index in [1.165, 1.54) is 0 Å². The fraction of sp³-hybridized carbons (Fsp3) is 0.500. The molecule has 2 aromatic rings. The SMILES string of the molecule is COCCCNC(=O)CN(C)Cc1nnc(-c2cccs2)o1. The van der Waals surface area contributed by atoms with Gasteiger partial charge in [-0.2, -0.15) is 0 Å². The Morgan fingerprint density at radius 2 is 2.36 bits per heavy atom. The Morgan fingerprint density at radius 3 is 3.09 bits per heavy atom. The summed E-state index contributed by atoms with van der Waals surface area (Å²) in [6.45, 7) is 1.97. The first-order chi connectivity index (χ1) is 10.7. The quantitative estimate of drug-likeness (QED) is 0.702. The number of hydrogen-bond donors (Lipinski definition) is 1. The molecule has 0 bridgehead atoms. The molecule has 22 heavy (non-hydrogen) atoms. The van der Waals surface area contributed by atoms with Crippen molar-refractivity contribution in [2.24, 2.45) is 0 Å². The Morgan fingerprint density at radius 1 is 1.50 bits per heavy atom. The van der Waals surface area contributed by atoms with Crippen LogP contribution in [0.4, 0.5) is 0 Å². The van der Waals surface area contributed by atoms with Gasteiger partial charge in [-0.25, -0.2) is 0 Å². The lowest BCUT2D eigenvalue weighted by Crippen LogP contribution is -2.35. The second kappa shape index (κ2) is 8.62. The molecule has 0 saturated heterocycles. The van der Waals surface area contributed by atoms with Crippen molar-refractivity contribution in [2.75, 3.05) is 33.9 Å². The molecule has 120 valence electrons. The van der Waals surface area contributed by atoms with Crippen molar-refractivity contribution in [3.63, 3.8) is 0 Å². The summed E-state index contributed by atoms with van der Waals surface area (Å²) >= 11 is 1.55. The molecular formula is C14H20N4O3S. The van der Waals surface area contributed by atoms with Gasteiger partial charge >= 0.3 is 0 Å². The number of ether oxygens (including phenoxy) is 1. The highest BCUT2D eigenvalue weighted by Gasteiger charge is 2.13. The van der Waals surface area contributed by atoms with E-state index in [2.05, 4.69) is 15.5 Å². The van der Waals surface area contributed by atoms with Gasteiger partial charge in [0.1, 0.15) is 0 Å². The van der Waals surface area contributed by atoms with Crippen LogP contribution in [0.2, 0.25) is 0 Å². The van der Waals surface area contributed by atoms with Crippen molar-refractivity contribution < 1.29 is 13.9 Å². The minimum Gasteiger partial charge on any atom is -0.419 e. The van der Waals surface area contributed by atoms with E-state index in [1.807, 2.05) is 29.5 Å². The van der Waals surface area contributed by atoms with Crippen LogP contribution in [0.15, 0.2) is 21.9 Å². The number of thiophene rings is 1. The zero-order valence-electron chi connectivity index (χ0n) is 12.7. The molecular weight excluding hydrogens is 304 g/mol. The Bertz CT molecular complexity index is 570. The van der Waals surface area contributed by atoms with Crippen molar-refractivity contribution in [3.05, 3.63) is 23.4 Å². The van der Waals surface area contributed by atoms with Crippen molar-refractivity contribution in [1.82, 2.24) is 20.4 Å². The first-order valence-electron chi connectivity index (χ1n) is 6.99. The third kappa shape index (κ3) is 5.21. The average molecular weight is 324 g/mol. The summed E-state index contributed by atoms with van der Waals surface area (Å²) in [5.41, 5.74) is 0. The van der Waals surface area contributed by atoms with E-state index in [0.717, 1.165) is 11.3 Å². The number of rotatable bonds is 9. The molecule has 2 aromatic heterocycles. The van der Waals surface area contributed by atoms with Crippen molar-refractivity contribution in [2.45, 2.75) is 13.0 Å². The fourth-order valence-electron chi connectivity index (χ4n) is 1.85. The molecule has 0 aliphatic rings. The van der Waals surface area contributed by atoms with Crippen LogP contribution in [-0.4, -0.2) is 54.9 Å². The Balaban J connectivity index is 1.75. The predicted octanol–water partition coefficient (Wildman–Crippen LogP) is 1.38. The Kier molecular flexibility index (Phi) is 6.50. The maximum atomic E-state index is 11.7. The molecule has 0 saturated carbocycles. The molecule has 7 nitrogen and oxygen atoms in total. The van der Waals surface area contributed by atoms with Gasteiger partial charge in [0.25, 0.3) is 5.89 Å². The summed E-state index contributed by atoms with van der Waals surface area (Å²) in [6.07, 6.45) is 0.805. The van der Waals surface area contributed by atoms with Crippen LogP contribution < -0.4 is 5.32 Å². The van der Waals surface area contributed by atoms with Gasteiger partial charge in [-0.1, -0.05) is 6.07 Å². The number of nitrogens with one attached hydrogen (secondary N) is 1. The summed E-state index contributed by atoms with van der Waals surface area (Å²) in [6, 6.07) is 3.86. The number of methoxy groups -OCH3 is 1. The smallest absolute Gasteiger partial charge is 0.257 e. The number of carbonyl (C=O) groups is 1. The molecule has 2 rings (SSSR count). The van der Waals surface area contributed by atoms with Crippen LogP contribution in [0.25, 0.3) is 10.8 Å². The van der Waals surface area contributed by atoms with E-state index in [1.54, 1.807) is 18.4 Å². The second-order valence-electron chi connectivity index (χ2n) is 4.85. The highest BCUT2D eigenvalue weighted by atomic mass is 32.1. The van der Waals surface area contributed by atoms with Crippen molar-refractivity contribution in [3.8, 4) is 10.8 Å². The van der Waals surface area contributed by atoms with Gasteiger partial charge in [-0.15, -0.1) is 21.5 Å². The zero-order chi connectivity index (χ0) is 15.8. The highest BCUT2D eigenvalue weighted by Crippen LogP contribution is 2.23. The molecule has 0 aliphatic heterocycles. The monoisotopic (exact) mass is 324 g/mol. The van der Waals surface area contributed by atoms with Crippen molar-refractivity contribution >= 4 is 17.2 Å². The summed E-state index contributed by atoms with van der Waals surface area (Å²) in [5.74, 6) is 0.983. The Hall–Kier alpha value is -1.77. The van der Waals surface area contributed by atoms with Gasteiger partial charge in [0.2, 0.25) is 11.8 Å². The molecule has 8 heteroatoms. The average Bonchev–Trinajstić information content (AvgIpc) is 3.14. The maximum absolute atomic E-state index is 11.7. The number of carbonyl (C=O) groups excluding carboxylic acids is 1. The minimum absolute atomic E-state index is 0.0309. The predicted molar refractivity (Wildman–Crippen MR) is 83.4 cm³/mol. The van der Waals surface area contributed by atoms with Crippen LogP contribution in [0.5, 0.6) is 0 Å². The van der Waals surface area contributed by atoms with Crippen LogP contribution >= 0.6 is 11.3 Å². The third-order valence-electron chi connectivity index (χ3n) is 2.86. The summed E-state index contributed by atoms with van der Waals surface area (Å²) in [4.78, 5) is 14.5. The number of amides is 1. The van der Waals surface area contributed by atoms with Gasteiger partial charge in [-0.3, -0.25) is 9.69 Å². The molecule has 0 aromatic carbocycles. The van der Waals surface area contributed by atoms with Gasteiger partial charge in [0, 0.05) is 20.3 Å². The summed E-state index contributed by atoms with van der Waals surface area (Å²) in [7, 11) is 3.48. The lowest BCUT2D eigenvalue weighted by Gasteiger charge is -2.13. The van der Waals surface area contributed by atoms with Crippen molar-refractivity contribution in [1.29, 1.82) is 0 Å². The van der Waals surface area contributed by atoms with Gasteiger partial charge in [-0.05, 0) is 24.9 Å². The summed E-state index contributed by atoms with van der Waals surface area (Å²) < 4.78 is 10.5. The lowest BCUT2D eigenvalue weighted by molar-refractivity contribution is -0.122. The second-order valence-corrected chi connectivity index (χ2v) is 5.79. The van der Waals surface area contributed by atoms with E-state index < -0.39 is 0 Å². The number of nitrogens with zero attached hydrogens (tertiary/aromatic N) is 3. The molecule has 0 radical (unpaired) electrons. The maximum Gasteiger partial charge on any atom is 0.257 e. The molecule has 1 amide bonds. The largest absolute Gasteiger partial charge is 0.419 e. The Labute approximate surface area is 133 Å². The van der Waals surface area contributed by atoms with Crippen LogP contribution in [0.3, 0.4) is 0 Å². The van der Waals surface area contributed by atoms with Crippen LogP contribution in [0, 0.1) is 0 Å². The topological polar surface area (TPSA) is 80.5 Å². The lowest BCUT2D eigenvalue weighted by atomic mass is 10.4. The van der Waals surface area contributed by atoms with E-state index in [-0.39, 0.29) is 12.5 Å². The van der Waals surface area contributed by atoms with E-state index in [4.69, 9.17) is 9.15 Å². The third-order valence-corrected chi connectivity index (χ3v) is 3.72. The normalized spacial score (nSPS) is 11.0. The molecule has 2 heterocycles. The van der Waals surface area contributed by atoms with Gasteiger partial charge < -0.3 is 14.5 Å². The highest BCUT2D eigenvalue weighted by molar-refractivity contribution is 7.13. The van der Waals surface area contributed by atoms with Crippen LogP contribution in [-0.2, 0) is 16.1 Å². The van der Waals surface area contributed by atoms with E-state index >= 15 is 0 Å². The first kappa shape index (κ1) is 16.6. The summed E-state index contributed by atoms with van der Waals surface area (Å²) in [5, 5.41) is 12.8. The molecule has 0 atom stereocenters. The van der Waals surface area contributed by atoms with Gasteiger partial charge in [0.15, 0.2) is 0 Å². The van der Waals surface area contributed by atoms with E-state index in [9.17, 15) is 4.79 Å². The zero-order valence-corrected chi connectivity index (χ0v) is 13.6. The fourth-order valence-corrected chi connectivity index (χ4v) is 2.49. The van der Waals surface area contributed by atoms with Crippen LogP contribution in [0.1, 0.15) is 12.3 Å². The number of hydrogen-bond acceptors (Lipinski definition) is 7. The minimum atomic E-state index is -0.0309. The molecule has 0 aliphatic carbocycles. The van der Waals surface area contributed by atoms with E-state index in [0.29, 0.717) is 31.5 Å². The number of aromatic nitrogens is 2. The molecule has 0 unspecified atom stereocenters. The molecule has 1 N–H and O–H groups in total. The number of likely N-dealkylation sites (N-methyl/N-ethyl adjacent to an activating group) is 1. The molecule has 0 fully saturated rings. The van der Waals surface area contributed by atoms with Gasteiger partial charge in [0.05, 0.1) is 18.0 Å². The molecule has 0 spiro atoms. The first-order valence-corrected chi connectivity index (χ1v) is 7.87. The standard InChI is InChI=1S/C14H20N4O3S/c1-18(9-12(19)15-6-4-7-20-2)10-13-16-17-14(21-13)11-5-3-8-22-11/h3,5,8H,4,6-7,9-10H2,1-2H3,(H,15,19).